The van der Waals surface area contributed by atoms with Crippen molar-refractivity contribution in [1.82, 2.24) is 14.9 Å². The Balaban J connectivity index is 0. The molecule has 0 aliphatic carbocycles. The molecule has 0 spiro atoms. The molecule has 0 amide bonds. The first-order valence-corrected chi connectivity index (χ1v) is 10.5. The molecule has 0 aliphatic rings. The Morgan fingerprint density at radius 2 is 1.88 bits per heavy atom. The number of aliphatic imine (C=N–C) groups is 1. The van der Waals surface area contributed by atoms with E-state index in [4.69, 9.17) is 4.74 Å². The number of halogens is 1. The molecule has 0 rings (SSSR count). The molecule has 0 heterocycles. The summed E-state index contributed by atoms with van der Waals surface area (Å²) < 4.78 is 30.3. The second-order valence-corrected chi connectivity index (χ2v) is 8.42. The third kappa shape index (κ3) is 14.7. The van der Waals surface area contributed by atoms with E-state index in [1.165, 1.54) is 4.31 Å². The molecule has 0 aromatic rings. The van der Waals surface area contributed by atoms with E-state index in [-0.39, 0.29) is 29.7 Å². The Morgan fingerprint density at radius 1 is 1.20 bits per heavy atom. The number of sulfonamides is 1. The van der Waals surface area contributed by atoms with Gasteiger partial charge in [-0.2, -0.15) is 0 Å². The maximum atomic E-state index is 11.7. The van der Waals surface area contributed by atoms with Gasteiger partial charge in [0.1, 0.15) is 0 Å². The Morgan fingerprint density at radius 3 is 2.44 bits per heavy atom. The molecule has 0 bridgehead atoms. The maximum absolute atomic E-state index is 11.7. The van der Waals surface area contributed by atoms with Crippen LogP contribution in [0, 0.1) is 5.92 Å². The molecule has 0 saturated carbocycles. The molecule has 0 aliphatic heterocycles. The van der Waals surface area contributed by atoms with Crippen molar-refractivity contribution in [1.29, 1.82) is 0 Å². The molecule has 0 radical (unpaired) electrons. The van der Waals surface area contributed by atoms with Crippen LogP contribution in [0.15, 0.2) is 4.99 Å². The molecule has 0 unspecified atom stereocenters. The molecule has 152 valence electrons. The minimum atomic E-state index is -3.10. The van der Waals surface area contributed by atoms with Gasteiger partial charge in [-0.15, -0.1) is 24.0 Å². The minimum absolute atomic E-state index is 0. The van der Waals surface area contributed by atoms with E-state index in [1.807, 2.05) is 6.92 Å². The van der Waals surface area contributed by atoms with Crippen LogP contribution >= 0.6 is 24.0 Å². The van der Waals surface area contributed by atoms with E-state index in [0.717, 1.165) is 25.5 Å². The molecule has 0 atom stereocenters. The van der Waals surface area contributed by atoms with Gasteiger partial charge >= 0.3 is 0 Å². The second-order valence-electron chi connectivity index (χ2n) is 6.06. The number of nitrogens with one attached hydrogen (secondary N) is 2. The summed E-state index contributed by atoms with van der Waals surface area (Å²) in [6, 6.07) is 0. The van der Waals surface area contributed by atoms with Gasteiger partial charge in [0.25, 0.3) is 0 Å². The molecule has 7 nitrogen and oxygen atoms in total. The van der Waals surface area contributed by atoms with Crippen molar-refractivity contribution in [2.24, 2.45) is 10.9 Å². The lowest BCUT2D eigenvalue weighted by Crippen LogP contribution is -2.39. The normalized spacial score (nSPS) is 12.4. The quantitative estimate of drug-likeness (QED) is 0.178. The molecule has 0 fully saturated rings. The molecular formula is C16H37IN4O3S. The van der Waals surface area contributed by atoms with E-state index in [2.05, 4.69) is 29.5 Å². The van der Waals surface area contributed by atoms with Crippen LogP contribution in [-0.4, -0.2) is 70.9 Å². The zero-order valence-corrected chi connectivity index (χ0v) is 19.5. The van der Waals surface area contributed by atoms with Crippen LogP contribution in [0.5, 0.6) is 0 Å². The van der Waals surface area contributed by atoms with Gasteiger partial charge in [0.05, 0.1) is 12.4 Å². The van der Waals surface area contributed by atoms with Gasteiger partial charge in [-0.3, -0.25) is 4.99 Å². The fourth-order valence-corrected chi connectivity index (χ4v) is 2.70. The van der Waals surface area contributed by atoms with Crippen LogP contribution < -0.4 is 10.6 Å². The van der Waals surface area contributed by atoms with Gasteiger partial charge in [0, 0.05) is 39.8 Å². The van der Waals surface area contributed by atoms with E-state index < -0.39 is 10.0 Å². The number of hydrogen-bond donors (Lipinski definition) is 2. The summed E-state index contributed by atoms with van der Waals surface area (Å²) in [5.74, 6) is 1.53. The van der Waals surface area contributed by atoms with Crippen LogP contribution in [0.4, 0.5) is 0 Å². The van der Waals surface area contributed by atoms with Crippen molar-refractivity contribution in [2.75, 3.05) is 52.2 Å². The van der Waals surface area contributed by atoms with E-state index in [0.29, 0.717) is 38.6 Å². The number of nitrogens with zero attached hydrogens (tertiary/aromatic N) is 2. The number of guanidine groups is 1. The number of ether oxygens (including phenoxy) is 1. The Labute approximate surface area is 171 Å². The fourth-order valence-electron chi connectivity index (χ4n) is 1.85. The smallest absolute Gasteiger partial charge is 0.213 e. The van der Waals surface area contributed by atoms with Crippen molar-refractivity contribution < 1.29 is 13.2 Å². The van der Waals surface area contributed by atoms with Crippen LogP contribution in [-0.2, 0) is 14.8 Å². The summed E-state index contributed by atoms with van der Waals surface area (Å²) in [6.07, 6.45) is 1.76. The molecule has 0 aromatic carbocycles. The Bertz CT molecular complexity index is 445. The number of hydrogen-bond acceptors (Lipinski definition) is 4. The first-order chi connectivity index (χ1) is 11.3. The molecule has 25 heavy (non-hydrogen) atoms. The lowest BCUT2D eigenvalue weighted by Gasteiger charge is -2.15. The summed E-state index contributed by atoms with van der Waals surface area (Å²) in [5.41, 5.74) is 0. The van der Waals surface area contributed by atoms with Crippen LogP contribution in [0.2, 0.25) is 0 Å². The molecule has 2 N–H and O–H groups in total. The average Bonchev–Trinajstić information content (AvgIpc) is 2.53. The summed E-state index contributed by atoms with van der Waals surface area (Å²) in [4.78, 5) is 4.46. The standard InChI is InChI=1S/C16H36N4O3S.HI/c1-6-17-16(19-11-14-23-13-9-15(3)4)18-10-8-12-20(5)24(21,22)7-2;/h15H,6-14H2,1-5H3,(H2,17,18,19);1H. The first kappa shape index (κ1) is 27.1. The van der Waals surface area contributed by atoms with Gasteiger partial charge in [0.15, 0.2) is 5.96 Å². The van der Waals surface area contributed by atoms with Crippen LogP contribution in [0.25, 0.3) is 0 Å². The summed E-state index contributed by atoms with van der Waals surface area (Å²) in [7, 11) is -1.49. The highest BCUT2D eigenvalue weighted by molar-refractivity contribution is 14.0. The van der Waals surface area contributed by atoms with Crippen LogP contribution in [0.3, 0.4) is 0 Å². The predicted octanol–water partition coefficient (Wildman–Crippen LogP) is 1.89. The highest BCUT2D eigenvalue weighted by atomic mass is 127. The second kappa shape index (κ2) is 16.1. The van der Waals surface area contributed by atoms with Crippen molar-refractivity contribution in [2.45, 2.75) is 40.5 Å². The van der Waals surface area contributed by atoms with E-state index in [1.54, 1.807) is 14.0 Å². The fraction of sp³-hybridized carbons (Fsp3) is 0.938. The zero-order chi connectivity index (χ0) is 18.4. The number of rotatable bonds is 13. The van der Waals surface area contributed by atoms with Crippen molar-refractivity contribution >= 4 is 40.0 Å². The summed E-state index contributed by atoms with van der Waals surface area (Å²) >= 11 is 0. The third-order valence-electron chi connectivity index (χ3n) is 3.46. The molecule has 0 saturated heterocycles. The first-order valence-electron chi connectivity index (χ1n) is 8.87. The predicted molar refractivity (Wildman–Crippen MR) is 116 cm³/mol. The van der Waals surface area contributed by atoms with Crippen LogP contribution in [0.1, 0.15) is 40.5 Å². The van der Waals surface area contributed by atoms with Crippen molar-refractivity contribution in [3.05, 3.63) is 0 Å². The Hall–Kier alpha value is -0.130. The Kier molecular flexibility index (Phi) is 17.4. The van der Waals surface area contributed by atoms with Gasteiger partial charge in [-0.25, -0.2) is 12.7 Å². The topological polar surface area (TPSA) is 83.0 Å². The highest BCUT2D eigenvalue weighted by Gasteiger charge is 2.13. The van der Waals surface area contributed by atoms with Crippen molar-refractivity contribution in [3.8, 4) is 0 Å². The molecule has 0 aromatic heterocycles. The highest BCUT2D eigenvalue weighted by Crippen LogP contribution is 1.99. The maximum Gasteiger partial charge on any atom is 0.213 e. The average molecular weight is 492 g/mol. The lowest BCUT2D eigenvalue weighted by atomic mass is 10.1. The SMILES string of the molecule is CCNC(=NCCCN(C)S(=O)(=O)CC)NCCOCCC(C)C.I. The van der Waals surface area contributed by atoms with Gasteiger partial charge in [-0.1, -0.05) is 13.8 Å². The third-order valence-corrected chi connectivity index (χ3v) is 5.33. The van der Waals surface area contributed by atoms with E-state index in [9.17, 15) is 8.42 Å². The molecular weight excluding hydrogens is 455 g/mol. The van der Waals surface area contributed by atoms with Crippen molar-refractivity contribution in [3.63, 3.8) is 0 Å². The summed E-state index contributed by atoms with van der Waals surface area (Å²) in [6.45, 7) is 12.0. The monoisotopic (exact) mass is 492 g/mol. The molecule has 9 heteroatoms. The van der Waals surface area contributed by atoms with Gasteiger partial charge in [0.2, 0.25) is 10.0 Å². The van der Waals surface area contributed by atoms with E-state index >= 15 is 0 Å². The zero-order valence-electron chi connectivity index (χ0n) is 16.4. The van der Waals surface area contributed by atoms with Gasteiger partial charge < -0.3 is 15.4 Å². The minimum Gasteiger partial charge on any atom is -0.380 e. The largest absolute Gasteiger partial charge is 0.380 e. The van der Waals surface area contributed by atoms with Gasteiger partial charge in [-0.05, 0) is 32.6 Å². The summed E-state index contributed by atoms with van der Waals surface area (Å²) in [5, 5.41) is 6.39. The lowest BCUT2D eigenvalue weighted by molar-refractivity contribution is 0.128.